The van der Waals surface area contributed by atoms with E-state index in [-0.39, 0.29) is 35.4 Å². The van der Waals surface area contributed by atoms with Crippen molar-refractivity contribution in [2.75, 3.05) is 26.7 Å². The molecule has 32 heavy (non-hydrogen) atoms. The van der Waals surface area contributed by atoms with E-state index in [1.54, 1.807) is 6.07 Å². The molecule has 9 nitrogen and oxygen atoms in total. The maximum atomic E-state index is 13.6. The van der Waals surface area contributed by atoms with Crippen LogP contribution in [0.2, 0.25) is 0 Å². The van der Waals surface area contributed by atoms with E-state index in [0.29, 0.717) is 37.3 Å². The molecular formula is C23H31N3O6. The Hall–Kier alpha value is -2.68. The fraction of sp³-hybridized carbons (Fsp3) is 0.652. The summed E-state index contributed by atoms with van der Waals surface area (Å²) in [4.78, 5) is 40.2. The number of carboxylic acid groups (broad SMARTS) is 1. The van der Waals surface area contributed by atoms with E-state index in [2.05, 4.69) is 4.90 Å². The Morgan fingerprint density at radius 2 is 2.00 bits per heavy atom. The van der Waals surface area contributed by atoms with Crippen LogP contribution in [-0.4, -0.2) is 70.5 Å². The van der Waals surface area contributed by atoms with Crippen LogP contribution in [-0.2, 0) is 4.79 Å². The van der Waals surface area contributed by atoms with Gasteiger partial charge in [0.2, 0.25) is 0 Å². The summed E-state index contributed by atoms with van der Waals surface area (Å²) < 4.78 is 5.08. The van der Waals surface area contributed by atoms with Crippen molar-refractivity contribution in [2.24, 2.45) is 11.8 Å². The topological polar surface area (TPSA) is 113 Å². The maximum Gasteiger partial charge on any atom is 0.311 e. The Morgan fingerprint density at radius 3 is 2.69 bits per heavy atom. The van der Waals surface area contributed by atoms with Crippen LogP contribution in [0.15, 0.2) is 18.2 Å². The van der Waals surface area contributed by atoms with Crippen molar-refractivity contribution in [1.82, 2.24) is 9.80 Å². The summed E-state index contributed by atoms with van der Waals surface area (Å²) in [5.74, 6) is -0.211. The molecule has 0 aliphatic carbocycles. The van der Waals surface area contributed by atoms with Gasteiger partial charge in [-0.25, -0.2) is 0 Å². The summed E-state index contributed by atoms with van der Waals surface area (Å²) in [7, 11) is 1.37. The molecule has 1 amide bonds. The third-order valence-corrected chi connectivity index (χ3v) is 7.45. The number of carbonyl (C=O) groups excluding carboxylic acids is 1. The smallest absolute Gasteiger partial charge is 0.311 e. The molecule has 9 heteroatoms. The Balaban J connectivity index is 1.65. The number of piperidine rings is 3. The summed E-state index contributed by atoms with van der Waals surface area (Å²) >= 11 is 0. The van der Waals surface area contributed by atoms with Gasteiger partial charge in [-0.15, -0.1) is 0 Å². The van der Waals surface area contributed by atoms with Gasteiger partial charge >= 0.3 is 11.7 Å². The fourth-order valence-corrected chi connectivity index (χ4v) is 6.19. The number of nitro groups is 1. The first-order chi connectivity index (χ1) is 15.4. The molecule has 4 atom stereocenters. The molecule has 3 heterocycles. The second kappa shape index (κ2) is 9.44. The van der Waals surface area contributed by atoms with Gasteiger partial charge in [0.25, 0.3) is 5.91 Å². The van der Waals surface area contributed by atoms with Crippen LogP contribution in [0.25, 0.3) is 0 Å². The first-order valence-electron chi connectivity index (χ1n) is 11.5. The quantitative estimate of drug-likeness (QED) is 0.506. The lowest BCUT2D eigenvalue weighted by molar-refractivity contribution is -0.385. The van der Waals surface area contributed by atoms with Crippen molar-refractivity contribution >= 4 is 17.6 Å². The number of amides is 1. The van der Waals surface area contributed by atoms with E-state index in [4.69, 9.17) is 9.84 Å². The summed E-state index contributed by atoms with van der Waals surface area (Å²) in [6, 6.07) is 4.75. The van der Waals surface area contributed by atoms with Crippen molar-refractivity contribution in [3.63, 3.8) is 0 Å². The molecule has 0 saturated carbocycles. The molecule has 0 bridgehead atoms. The van der Waals surface area contributed by atoms with Crippen molar-refractivity contribution < 1.29 is 24.4 Å². The second-order valence-corrected chi connectivity index (χ2v) is 9.19. The Bertz CT molecular complexity index is 888. The number of carboxylic acids is 1. The summed E-state index contributed by atoms with van der Waals surface area (Å²) in [5, 5.41) is 20.6. The third kappa shape index (κ3) is 4.30. The van der Waals surface area contributed by atoms with E-state index in [9.17, 15) is 19.7 Å². The van der Waals surface area contributed by atoms with Crippen LogP contribution in [0.1, 0.15) is 55.3 Å². The SMILES string of the molecule is COc1ccc(C(=O)N2C[C@@H]3CCCN4CCC[C@@H]([C@H]34)[C@@H]2CCCC(=O)O)cc1[N+](=O)[O-]. The van der Waals surface area contributed by atoms with Gasteiger partial charge in [-0.05, 0) is 75.6 Å². The van der Waals surface area contributed by atoms with Crippen LogP contribution >= 0.6 is 0 Å². The highest BCUT2D eigenvalue weighted by atomic mass is 16.6. The van der Waals surface area contributed by atoms with Gasteiger partial charge in [0.1, 0.15) is 0 Å². The summed E-state index contributed by atoms with van der Waals surface area (Å²) in [5.41, 5.74) is 0.0554. The van der Waals surface area contributed by atoms with Crippen LogP contribution in [0, 0.1) is 22.0 Å². The second-order valence-electron chi connectivity index (χ2n) is 9.19. The standard InChI is InChI=1S/C23H31N3O6/c1-32-20-10-9-15(13-19(20)26(30)31)23(29)25-14-16-5-3-11-24-12-4-6-17(22(16)24)18(25)7-2-8-21(27)28/h9-10,13,16-18,22H,2-8,11-12,14H2,1H3,(H,27,28)/t16-,17+,18-,22-/m0/s1. The monoisotopic (exact) mass is 445 g/mol. The zero-order valence-corrected chi connectivity index (χ0v) is 18.4. The molecule has 1 aromatic carbocycles. The lowest BCUT2D eigenvalue weighted by Gasteiger charge is -2.57. The molecule has 3 fully saturated rings. The zero-order chi connectivity index (χ0) is 22.8. The number of benzene rings is 1. The number of rotatable bonds is 7. The summed E-state index contributed by atoms with van der Waals surface area (Å²) in [6.07, 6.45) is 5.54. The van der Waals surface area contributed by atoms with Gasteiger partial charge < -0.3 is 14.7 Å². The van der Waals surface area contributed by atoms with Crippen LogP contribution in [0.5, 0.6) is 5.75 Å². The summed E-state index contributed by atoms with van der Waals surface area (Å²) in [6.45, 7) is 2.81. The number of nitro benzene ring substituents is 1. The van der Waals surface area contributed by atoms with E-state index in [0.717, 1.165) is 38.8 Å². The van der Waals surface area contributed by atoms with Gasteiger partial charge in [0.15, 0.2) is 5.75 Å². The number of carbonyl (C=O) groups is 2. The first kappa shape index (κ1) is 22.5. The highest BCUT2D eigenvalue weighted by Crippen LogP contribution is 2.44. The molecule has 1 aromatic rings. The molecule has 3 aliphatic heterocycles. The minimum absolute atomic E-state index is 0.0508. The fourth-order valence-electron chi connectivity index (χ4n) is 6.19. The number of methoxy groups -OCH3 is 1. The Kier molecular flexibility index (Phi) is 6.64. The van der Waals surface area contributed by atoms with Crippen molar-refractivity contribution in [1.29, 1.82) is 0 Å². The number of aliphatic carboxylic acids is 1. The van der Waals surface area contributed by atoms with Crippen molar-refractivity contribution in [3.05, 3.63) is 33.9 Å². The van der Waals surface area contributed by atoms with Gasteiger partial charge in [0, 0.05) is 36.7 Å². The number of likely N-dealkylation sites (tertiary alicyclic amines) is 1. The first-order valence-corrected chi connectivity index (χ1v) is 11.5. The largest absolute Gasteiger partial charge is 0.490 e. The predicted octanol–water partition coefficient (Wildman–Crippen LogP) is 3.17. The lowest BCUT2D eigenvalue weighted by atomic mass is 9.69. The van der Waals surface area contributed by atoms with Gasteiger partial charge in [0.05, 0.1) is 12.0 Å². The van der Waals surface area contributed by atoms with Crippen molar-refractivity contribution in [2.45, 2.75) is 57.0 Å². The average Bonchev–Trinajstić information content (AvgIpc) is 2.79. The average molecular weight is 446 g/mol. The van der Waals surface area contributed by atoms with Gasteiger partial charge in [-0.3, -0.25) is 24.6 Å². The molecule has 0 spiro atoms. The molecular weight excluding hydrogens is 414 g/mol. The van der Waals surface area contributed by atoms with Gasteiger partial charge in [-0.2, -0.15) is 0 Å². The molecule has 0 radical (unpaired) electrons. The molecule has 3 saturated heterocycles. The lowest BCUT2D eigenvalue weighted by Crippen LogP contribution is -2.65. The number of nitrogens with zero attached hydrogens (tertiary/aromatic N) is 3. The molecule has 0 aromatic heterocycles. The van der Waals surface area contributed by atoms with Crippen molar-refractivity contribution in [3.8, 4) is 5.75 Å². The van der Waals surface area contributed by atoms with E-state index < -0.39 is 10.9 Å². The highest BCUT2D eigenvalue weighted by Gasteiger charge is 2.49. The highest BCUT2D eigenvalue weighted by molar-refractivity contribution is 5.95. The molecule has 4 rings (SSSR count). The maximum absolute atomic E-state index is 13.6. The Morgan fingerprint density at radius 1 is 1.25 bits per heavy atom. The molecule has 0 unspecified atom stereocenters. The Labute approximate surface area is 187 Å². The molecule has 174 valence electrons. The zero-order valence-electron chi connectivity index (χ0n) is 18.4. The van der Waals surface area contributed by atoms with Crippen LogP contribution in [0.3, 0.4) is 0 Å². The normalized spacial score (nSPS) is 27.5. The van der Waals surface area contributed by atoms with E-state index in [1.807, 2.05) is 4.90 Å². The molecule has 3 aliphatic rings. The third-order valence-electron chi connectivity index (χ3n) is 7.45. The van der Waals surface area contributed by atoms with Crippen LogP contribution in [0.4, 0.5) is 5.69 Å². The van der Waals surface area contributed by atoms with Gasteiger partial charge in [-0.1, -0.05) is 0 Å². The number of hydrogen-bond donors (Lipinski definition) is 1. The molecule has 1 N–H and O–H groups in total. The minimum Gasteiger partial charge on any atom is -0.490 e. The predicted molar refractivity (Wildman–Crippen MR) is 117 cm³/mol. The minimum atomic E-state index is -0.828. The van der Waals surface area contributed by atoms with E-state index >= 15 is 0 Å². The van der Waals surface area contributed by atoms with E-state index in [1.165, 1.54) is 19.2 Å². The number of hydrogen-bond acceptors (Lipinski definition) is 6. The van der Waals surface area contributed by atoms with Crippen LogP contribution < -0.4 is 4.74 Å². The number of ether oxygens (including phenoxy) is 1.